The van der Waals surface area contributed by atoms with Crippen molar-refractivity contribution in [2.75, 3.05) is 16.8 Å². The molecule has 0 amide bonds. The lowest BCUT2D eigenvalue weighted by atomic mass is 10.2. The first-order valence-corrected chi connectivity index (χ1v) is 10.6. The molecule has 3 rings (SSSR count). The summed E-state index contributed by atoms with van der Waals surface area (Å²) in [6.07, 6.45) is 2.14. The summed E-state index contributed by atoms with van der Waals surface area (Å²) in [6, 6.07) is 6.04. The maximum atomic E-state index is 13.6. The highest BCUT2D eigenvalue weighted by atomic mass is 32.2. The fraction of sp³-hybridized carbons (Fsp3) is 0.353. The van der Waals surface area contributed by atoms with Crippen molar-refractivity contribution in [1.29, 1.82) is 0 Å². The lowest BCUT2D eigenvalue weighted by molar-refractivity contribution is 0.486. The van der Waals surface area contributed by atoms with Crippen LogP contribution in [0.5, 0.6) is 0 Å². The summed E-state index contributed by atoms with van der Waals surface area (Å²) >= 11 is 5.10. The lowest BCUT2D eigenvalue weighted by Gasteiger charge is -2.11. The monoisotopic (exact) mass is 409 g/mol. The number of thiocarbonyl (C=S) groups is 1. The summed E-state index contributed by atoms with van der Waals surface area (Å²) in [5, 5.41) is 11.4. The highest BCUT2D eigenvalue weighted by Crippen LogP contribution is 2.26. The van der Waals surface area contributed by atoms with Crippen LogP contribution in [0.4, 0.5) is 10.1 Å². The average molecular weight is 410 g/mol. The van der Waals surface area contributed by atoms with E-state index in [4.69, 9.17) is 12.2 Å². The van der Waals surface area contributed by atoms with Crippen LogP contribution in [0, 0.1) is 19.7 Å². The molecule has 1 aromatic carbocycles. The molecule has 0 saturated carbocycles. The molecule has 0 spiro atoms. The van der Waals surface area contributed by atoms with E-state index in [0.717, 1.165) is 17.0 Å². The van der Waals surface area contributed by atoms with Crippen molar-refractivity contribution in [3.63, 3.8) is 0 Å². The highest BCUT2D eigenvalue weighted by molar-refractivity contribution is 7.91. The molecule has 144 valence electrons. The number of anilines is 1. The number of sulfone groups is 1. The molecule has 0 bridgehead atoms. The third kappa shape index (κ3) is 4.51. The average Bonchev–Trinajstić information content (AvgIpc) is 3.10. The van der Waals surface area contributed by atoms with Gasteiger partial charge in [-0.1, -0.05) is 12.1 Å². The van der Waals surface area contributed by atoms with Crippen molar-refractivity contribution in [1.82, 2.24) is 15.2 Å². The summed E-state index contributed by atoms with van der Waals surface area (Å²) < 4.78 is 38.8. The van der Waals surface area contributed by atoms with E-state index in [2.05, 4.69) is 20.9 Å². The first-order chi connectivity index (χ1) is 12.8. The zero-order chi connectivity index (χ0) is 19.6. The van der Waals surface area contributed by atoms with Gasteiger partial charge in [-0.05, 0) is 44.6 Å². The van der Waals surface area contributed by atoms with Crippen molar-refractivity contribution >= 4 is 39.1 Å². The lowest BCUT2D eigenvalue weighted by Crippen LogP contribution is -2.24. The Bertz CT molecular complexity index is 1000. The smallest absolute Gasteiger partial charge is 0.191 e. The van der Waals surface area contributed by atoms with Gasteiger partial charge in [-0.25, -0.2) is 12.8 Å². The first-order valence-electron chi connectivity index (χ1n) is 8.37. The number of para-hydroxylation sites is 1. The van der Waals surface area contributed by atoms with Gasteiger partial charge in [0.1, 0.15) is 5.82 Å². The fourth-order valence-electron chi connectivity index (χ4n) is 3.05. The van der Waals surface area contributed by atoms with Crippen LogP contribution in [0.1, 0.15) is 29.4 Å². The molecule has 2 aromatic rings. The van der Waals surface area contributed by atoms with Gasteiger partial charge in [-0.3, -0.25) is 10.1 Å². The largest absolute Gasteiger partial charge is 0.329 e. The second-order valence-corrected chi connectivity index (χ2v) is 9.03. The SMILES string of the molecule is Cc1nn([C@H]2CCS(=O)(=O)C2)c(C)c1/C=N\NC(=S)Nc1ccccc1F. The van der Waals surface area contributed by atoms with E-state index in [1.54, 1.807) is 29.1 Å². The van der Waals surface area contributed by atoms with E-state index < -0.39 is 15.7 Å². The number of rotatable bonds is 4. The van der Waals surface area contributed by atoms with E-state index in [1.807, 2.05) is 13.8 Å². The molecule has 0 aliphatic carbocycles. The minimum Gasteiger partial charge on any atom is -0.329 e. The predicted molar refractivity (Wildman–Crippen MR) is 107 cm³/mol. The van der Waals surface area contributed by atoms with Crippen LogP contribution in [-0.2, 0) is 9.84 Å². The minimum absolute atomic E-state index is 0.112. The number of halogens is 1. The molecule has 27 heavy (non-hydrogen) atoms. The summed E-state index contributed by atoms with van der Waals surface area (Å²) in [4.78, 5) is 0. The molecular weight excluding hydrogens is 389 g/mol. The number of benzene rings is 1. The van der Waals surface area contributed by atoms with Crippen LogP contribution in [0.2, 0.25) is 0 Å². The van der Waals surface area contributed by atoms with Gasteiger partial charge in [-0.15, -0.1) is 0 Å². The molecule has 1 aliphatic heterocycles. The van der Waals surface area contributed by atoms with Crippen LogP contribution in [-0.4, -0.2) is 41.0 Å². The molecule has 1 fully saturated rings. The molecule has 0 radical (unpaired) electrons. The Balaban J connectivity index is 1.67. The Hall–Kier alpha value is -2.33. The van der Waals surface area contributed by atoms with Gasteiger partial charge >= 0.3 is 0 Å². The van der Waals surface area contributed by atoms with Crippen LogP contribution in [0.3, 0.4) is 0 Å². The van der Waals surface area contributed by atoms with Gasteiger partial charge in [0.25, 0.3) is 0 Å². The first kappa shape index (κ1) is 19.4. The maximum absolute atomic E-state index is 13.6. The van der Waals surface area contributed by atoms with Crippen molar-refractivity contribution in [2.24, 2.45) is 5.10 Å². The van der Waals surface area contributed by atoms with Crippen LogP contribution in [0.25, 0.3) is 0 Å². The van der Waals surface area contributed by atoms with Gasteiger partial charge < -0.3 is 5.32 Å². The van der Waals surface area contributed by atoms with Crippen molar-refractivity contribution in [3.05, 3.63) is 47.0 Å². The van der Waals surface area contributed by atoms with Gasteiger partial charge in [0.05, 0.1) is 35.1 Å². The zero-order valence-electron chi connectivity index (χ0n) is 14.9. The Morgan fingerprint density at radius 1 is 1.41 bits per heavy atom. The molecule has 1 aliphatic rings. The number of hydrogen-bond acceptors (Lipinski definition) is 5. The molecular formula is C17H20FN5O2S2. The van der Waals surface area contributed by atoms with Gasteiger partial charge in [0.2, 0.25) is 0 Å². The zero-order valence-corrected chi connectivity index (χ0v) is 16.6. The maximum Gasteiger partial charge on any atom is 0.191 e. The summed E-state index contributed by atoms with van der Waals surface area (Å²) in [7, 11) is -2.99. The van der Waals surface area contributed by atoms with Crippen molar-refractivity contribution < 1.29 is 12.8 Å². The summed E-state index contributed by atoms with van der Waals surface area (Å²) in [5.41, 5.74) is 5.28. The number of hydrogen-bond donors (Lipinski definition) is 2. The third-order valence-corrected chi connectivity index (χ3v) is 6.36. The number of nitrogens with one attached hydrogen (secondary N) is 2. The van der Waals surface area contributed by atoms with Gasteiger partial charge in [0, 0.05) is 11.3 Å². The molecule has 1 saturated heterocycles. The van der Waals surface area contributed by atoms with E-state index in [0.29, 0.717) is 6.42 Å². The van der Waals surface area contributed by atoms with Gasteiger partial charge in [0.15, 0.2) is 14.9 Å². The summed E-state index contributed by atoms with van der Waals surface area (Å²) in [5.74, 6) is -0.109. The van der Waals surface area contributed by atoms with Gasteiger partial charge in [-0.2, -0.15) is 10.2 Å². The molecule has 1 atom stereocenters. The quantitative estimate of drug-likeness (QED) is 0.458. The van der Waals surface area contributed by atoms with E-state index >= 15 is 0 Å². The second-order valence-electron chi connectivity index (χ2n) is 6.39. The number of aryl methyl sites for hydroxylation is 1. The number of hydrazone groups is 1. The van der Waals surface area contributed by atoms with Crippen LogP contribution in [0.15, 0.2) is 29.4 Å². The normalized spacial score (nSPS) is 18.7. The molecule has 0 unspecified atom stereocenters. The standard InChI is InChI=1S/C17H20FN5O2S2/c1-11-14(12(2)23(22-11)13-7-8-27(24,25)10-13)9-19-21-17(26)20-16-6-4-3-5-15(16)18/h3-6,9,13H,7-8,10H2,1-2H3,(H2,20,21,26)/b19-9-/t13-/m0/s1. The summed E-state index contributed by atoms with van der Waals surface area (Å²) in [6.45, 7) is 3.71. The topological polar surface area (TPSA) is 88.4 Å². The number of nitrogens with zero attached hydrogens (tertiary/aromatic N) is 3. The fourth-order valence-corrected chi connectivity index (χ4v) is 4.91. The Labute approximate surface area is 162 Å². The minimum atomic E-state index is -2.99. The van der Waals surface area contributed by atoms with Crippen molar-refractivity contribution in [3.8, 4) is 0 Å². The number of aromatic nitrogens is 2. The molecule has 7 nitrogen and oxygen atoms in total. The Morgan fingerprint density at radius 3 is 2.81 bits per heavy atom. The van der Waals surface area contributed by atoms with E-state index in [1.165, 1.54) is 6.07 Å². The van der Waals surface area contributed by atoms with Crippen LogP contribution < -0.4 is 10.7 Å². The van der Waals surface area contributed by atoms with Crippen molar-refractivity contribution in [2.45, 2.75) is 26.3 Å². The Morgan fingerprint density at radius 2 is 2.15 bits per heavy atom. The van der Waals surface area contributed by atoms with E-state index in [9.17, 15) is 12.8 Å². The molecule has 10 heteroatoms. The third-order valence-electron chi connectivity index (χ3n) is 4.42. The van der Waals surface area contributed by atoms with E-state index in [-0.39, 0.29) is 28.3 Å². The second kappa shape index (κ2) is 7.73. The molecule has 1 aromatic heterocycles. The highest BCUT2D eigenvalue weighted by Gasteiger charge is 2.31. The van der Waals surface area contributed by atoms with Crippen LogP contribution >= 0.6 is 12.2 Å². The predicted octanol–water partition coefficient (Wildman–Crippen LogP) is 2.32. The molecule has 2 N–H and O–H groups in total. The molecule has 2 heterocycles. The Kier molecular flexibility index (Phi) is 5.56.